The van der Waals surface area contributed by atoms with Crippen LogP contribution in [-0.4, -0.2) is 43.3 Å². The topological polar surface area (TPSA) is 88.6 Å². The van der Waals surface area contributed by atoms with Crippen LogP contribution in [0.5, 0.6) is 11.5 Å². The van der Waals surface area contributed by atoms with Crippen LogP contribution in [0.25, 0.3) is 0 Å². The molecular weight excluding hydrogens is 346 g/mol. The molecule has 0 bridgehead atoms. The van der Waals surface area contributed by atoms with Gasteiger partial charge in [0, 0.05) is 37.0 Å². The number of anilines is 3. The lowest BCUT2D eigenvalue weighted by Gasteiger charge is -2.30. The summed E-state index contributed by atoms with van der Waals surface area (Å²) in [6, 6.07) is 4.75. The van der Waals surface area contributed by atoms with Gasteiger partial charge in [0.2, 0.25) is 5.95 Å². The molecule has 1 aliphatic heterocycles. The maximum Gasteiger partial charge on any atom is 0.323 e. The normalized spacial score (nSPS) is 14.6. The third-order valence-corrected chi connectivity index (χ3v) is 4.57. The van der Waals surface area contributed by atoms with Crippen LogP contribution in [-0.2, 0) is 0 Å². The Morgan fingerprint density at radius 2 is 1.56 bits per heavy atom. The Kier molecular flexibility index (Phi) is 5.95. The lowest BCUT2D eigenvalue weighted by Crippen LogP contribution is -2.34. The number of urea groups is 1. The molecule has 1 aromatic heterocycles. The fraction of sp³-hybridized carbons (Fsp3) is 0.421. The van der Waals surface area contributed by atoms with Crippen molar-refractivity contribution in [2.24, 2.45) is 5.92 Å². The molecule has 2 heterocycles. The van der Waals surface area contributed by atoms with Gasteiger partial charge in [-0.15, -0.1) is 0 Å². The van der Waals surface area contributed by atoms with Crippen molar-refractivity contribution in [1.29, 1.82) is 0 Å². The second-order valence-corrected chi connectivity index (χ2v) is 6.62. The monoisotopic (exact) mass is 371 g/mol. The molecule has 0 atom stereocenters. The van der Waals surface area contributed by atoms with Crippen molar-refractivity contribution >= 4 is 23.4 Å². The van der Waals surface area contributed by atoms with Crippen molar-refractivity contribution in [2.45, 2.75) is 19.8 Å². The Morgan fingerprint density at radius 3 is 2.11 bits per heavy atom. The first kappa shape index (κ1) is 18.8. The van der Waals surface area contributed by atoms with E-state index in [1.807, 2.05) is 0 Å². The molecule has 2 aromatic rings. The molecule has 0 spiro atoms. The minimum atomic E-state index is -0.395. The molecule has 3 rings (SSSR count). The van der Waals surface area contributed by atoms with Crippen LogP contribution in [0, 0.1) is 5.92 Å². The number of rotatable bonds is 5. The molecule has 27 heavy (non-hydrogen) atoms. The number of nitrogens with one attached hydrogen (secondary N) is 2. The zero-order chi connectivity index (χ0) is 19.2. The molecule has 8 nitrogen and oxygen atoms in total. The summed E-state index contributed by atoms with van der Waals surface area (Å²) in [7, 11) is 3.11. The van der Waals surface area contributed by atoms with Crippen LogP contribution in [0.1, 0.15) is 19.8 Å². The standard InChI is InChI=1S/C19H25N5O3/c1-13-4-6-24(7-5-13)18-20-11-15(12-21-18)23-19(25)22-14-8-16(26-2)10-17(9-14)27-3/h8-13H,4-7H2,1-3H3,(H2,22,23,25). The highest BCUT2D eigenvalue weighted by atomic mass is 16.5. The number of carbonyl (C=O) groups excluding carboxylic acids is 1. The summed E-state index contributed by atoms with van der Waals surface area (Å²) in [5, 5.41) is 5.47. The third-order valence-electron chi connectivity index (χ3n) is 4.57. The number of benzene rings is 1. The zero-order valence-electron chi connectivity index (χ0n) is 15.9. The van der Waals surface area contributed by atoms with Crippen LogP contribution in [0.3, 0.4) is 0 Å². The van der Waals surface area contributed by atoms with Gasteiger partial charge in [0.1, 0.15) is 11.5 Å². The Morgan fingerprint density at radius 1 is 1.00 bits per heavy atom. The Balaban J connectivity index is 1.59. The van der Waals surface area contributed by atoms with Gasteiger partial charge in [0.25, 0.3) is 0 Å². The molecule has 1 aliphatic rings. The van der Waals surface area contributed by atoms with Gasteiger partial charge in [-0.1, -0.05) is 6.92 Å². The molecular formula is C19H25N5O3. The highest BCUT2D eigenvalue weighted by molar-refractivity contribution is 5.99. The predicted molar refractivity (Wildman–Crippen MR) is 105 cm³/mol. The van der Waals surface area contributed by atoms with Gasteiger partial charge in [-0.3, -0.25) is 0 Å². The van der Waals surface area contributed by atoms with E-state index >= 15 is 0 Å². The maximum absolute atomic E-state index is 12.2. The fourth-order valence-corrected chi connectivity index (χ4v) is 2.93. The number of hydrogen-bond acceptors (Lipinski definition) is 6. The van der Waals surface area contributed by atoms with Gasteiger partial charge < -0.3 is 25.0 Å². The SMILES string of the molecule is COc1cc(NC(=O)Nc2cnc(N3CCC(C)CC3)nc2)cc(OC)c1. The summed E-state index contributed by atoms with van der Waals surface area (Å²) in [5.41, 5.74) is 1.08. The number of amides is 2. The van der Waals surface area contributed by atoms with Crippen molar-refractivity contribution in [1.82, 2.24) is 9.97 Å². The summed E-state index contributed by atoms with van der Waals surface area (Å²) in [6.07, 6.45) is 5.53. The molecule has 1 fully saturated rings. The molecule has 0 unspecified atom stereocenters. The van der Waals surface area contributed by atoms with E-state index in [4.69, 9.17) is 9.47 Å². The average molecular weight is 371 g/mol. The van der Waals surface area contributed by atoms with Gasteiger partial charge in [-0.25, -0.2) is 14.8 Å². The van der Waals surface area contributed by atoms with Crippen LogP contribution in [0.15, 0.2) is 30.6 Å². The Labute approximate surface area is 158 Å². The molecule has 0 saturated carbocycles. The summed E-state index contributed by atoms with van der Waals surface area (Å²) in [6.45, 7) is 4.19. The van der Waals surface area contributed by atoms with Gasteiger partial charge in [0.15, 0.2) is 0 Å². The number of carbonyl (C=O) groups is 1. The molecule has 144 valence electrons. The first-order valence-electron chi connectivity index (χ1n) is 8.95. The molecule has 8 heteroatoms. The lowest BCUT2D eigenvalue weighted by atomic mass is 10.00. The van der Waals surface area contributed by atoms with Crippen molar-refractivity contribution in [2.75, 3.05) is 42.8 Å². The van der Waals surface area contributed by atoms with E-state index in [0.717, 1.165) is 31.8 Å². The van der Waals surface area contributed by atoms with Crippen LogP contribution in [0.2, 0.25) is 0 Å². The molecule has 0 radical (unpaired) electrons. The van der Waals surface area contributed by atoms with Crippen molar-refractivity contribution in [3.8, 4) is 11.5 Å². The minimum absolute atomic E-state index is 0.395. The Bertz CT molecular complexity index is 751. The maximum atomic E-state index is 12.2. The summed E-state index contributed by atoms with van der Waals surface area (Å²) in [5.74, 6) is 2.63. The number of piperidine rings is 1. The third kappa shape index (κ3) is 4.99. The minimum Gasteiger partial charge on any atom is -0.497 e. The van der Waals surface area contributed by atoms with Gasteiger partial charge >= 0.3 is 6.03 Å². The lowest BCUT2D eigenvalue weighted by molar-refractivity contribution is 0.262. The molecule has 2 N–H and O–H groups in total. The molecule has 2 amide bonds. The first-order chi connectivity index (χ1) is 13.1. The number of methoxy groups -OCH3 is 2. The van der Waals surface area contributed by atoms with E-state index in [-0.39, 0.29) is 0 Å². The van der Waals surface area contributed by atoms with E-state index in [1.165, 1.54) is 0 Å². The fourth-order valence-electron chi connectivity index (χ4n) is 2.93. The van der Waals surface area contributed by atoms with E-state index in [1.54, 1.807) is 44.8 Å². The summed E-state index contributed by atoms with van der Waals surface area (Å²) < 4.78 is 10.4. The van der Waals surface area contributed by atoms with Crippen molar-refractivity contribution in [3.05, 3.63) is 30.6 Å². The highest BCUT2D eigenvalue weighted by Crippen LogP contribution is 2.26. The van der Waals surface area contributed by atoms with Gasteiger partial charge in [-0.2, -0.15) is 0 Å². The van der Waals surface area contributed by atoms with E-state index < -0.39 is 6.03 Å². The highest BCUT2D eigenvalue weighted by Gasteiger charge is 2.17. The first-order valence-corrected chi connectivity index (χ1v) is 8.95. The number of hydrogen-bond donors (Lipinski definition) is 2. The largest absolute Gasteiger partial charge is 0.497 e. The second kappa shape index (κ2) is 8.57. The van der Waals surface area contributed by atoms with E-state index in [0.29, 0.717) is 28.8 Å². The van der Waals surface area contributed by atoms with Gasteiger partial charge in [-0.05, 0) is 18.8 Å². The van der Waals surface area contributed by atoms with Crippen molar-refractivity contribution < 1.29 is 14.3 Å². The number of aromatic nitrogens is 2. The zero-order valence-corrected chi connectivity index (χ0v) is 15.9. The smallest absolute Gasteiger partial charge is 0.323 e. The van der Waals surface area contributed by atoms with Crippen LogP contribution >= 0.6 is 0 Å². The number of ether oxygens (including phenoxy) is 2. The molecule has 1 aromatic carbocycles. The van der Waals surface area contributed by atoms with Crippen LogP contribution < -0.4 is 25.0 Å². The second-order valence-electron chi connectivity index (χ2n) is 6.62. The van der Waals surface area contributed by atoms with Gasteiger partial charge in [0.05, 0.1) is 32.3 Å². The van der Waals surface area contributed by atoms with Crippen LogP contribution in [0.4, 0.5) is 22.1 Å². The summed E-state index contributed by atoms with van der Waals surface area (Å²) in [4.78, 5) is 23.2. The van der Waals surface area contributed by atoms with Crippen molar-refractivity contribution in [3.63, 3.8) is 0 Å². The summed E-state index contributed by atoms with van der Waals surface area (Å²) >= 11 is 0. The average Bonchev–Trinajstić information content (AvgIpc) is 2.68. The molecule has 0 aliphatic carbocycles. The van der Waals surface area contributed by atoms with E-state index in [9.17, 15) is 4.79 Å². The quantitative estimate of drug-likeness (QED) is 0.838. The molecule has 1 saturated heterocycles. The predicted octanol–water partition coefficient (Wildman–Crippen LogP) is 3.37. The Hall–Kier alpha value is -3.03. The van der Waals surface area contributed by atoms with E-state index in [2.05, 4.69) is 32.4 Å². The number of nitrogens with zero attached hydrogens (tertiary/aromatic N) is 3.